The zero-order valence-corrected chi connectivity index (χ0v) is 16.8. The predicted octanol–water partition coefficient (Wildman–Crippen LogP) is 2.81. The molecule has 6 heteroatoms. The summed E-state index contributed by atoms with van der Waals surface area (Å²) in [6, 6.07) is 10.2. The summed E-state index contributed by atoms with van der Waals surface area (Å²) < 4.78 is 12.1. The van der Waals surface area contributed by atoms with Crippen molar-refractivity contribution in [3.63, 3.8) is 0 Å². The van der Waals surface area contributed by atoms with E-state index in [-0.39, 0.29) is 24.4 Å². The molecule has 0 spiro atoms. The number of pyridine rings is 1. The second-order valence-corrected chi connectivity index (χ2v) is 8.09. The van der Waals surface area contributed by atoms with E-state index in [0.29, 0.717) is 5.56 Å². The van der Waals surface area contributed by atoms with Crippen LogP contribution in [0.5, 0.6) is 0 Å². The van der Waals surface area contributed by atoms with Crippen molar-refractivity contribution in [3.05, 3.63) is 36.0 Å². The largest absolute Gasteiger partial charge is 0.373 e. The molecule has 0 bridgehead atoms. The zero-order valence-electron chi connectivity index (χ0n) is 16.8. The molecule has 2 aliphatic heterocycles. The van der Waals surface area contributed by atoms with Crippen LogP contribution in [0.3, 0.4) is 0 Å². The highest BCUT2D eigenvalue weighted by molar-refractivity contribution is 5.95. The van der Waals surface area contributed by atoms with Crippen LogP contribution < -0.4 is 4.90 Å². The van der Waals surface area contributed by atoms with Gasteiger partial charge in [-0.05, 0) is 45.0 Å². The Balaban J connectivity index is 1.56. The van der Waals surface area contributed by atoms with Crippen LogP contribution in [0.4, 0.5) is 5.69 Å². The van der Waals surface area contributed by atoms with E-state index in [9.17, 15) is 5.26 Å². The van der Waals surface area contributed by atoms with E-state index >= 15 is 0 Å². The van der Waals surface area contributed by atoms with Crippen molar-refractivity contribution in [2.75, 3.05) is 37.6 Å². The molecule has 1 aromatic carbocycles. The van der Waals surface area contributed by atoms with Gasteiger partial charge in [-0.15, -0.1) is 0 Å². The number of fused-ring (bicyclic) bond motifs is 1. The van der Waals surface area contributed by atoms with Crippen LogP contribution in [0, 0.1) is 11.3 Å². The van der Waals surface area contributed by atoms with Gasteiger partial charge in [-0.2, -0.15) is 5.26 Å². The standard InChI is InChI=1S/C22H28N4O2/c1-15-10-25(11-16(2)27-15)13-19-14-26(12-17(3)28-19)21-7-6-18(9-23)22-20(21)5-4-8-24-22/h4-8,15-17,19H,10-14H2,1-3H3/t15-,16+,17-,19-/m1/s1. The fourth-order valence-electron chi connectivity index (χ4n) is 4.59. The molecule has 4 atom stereocenters. The van der Waals surface area contributed by atoms with Gasteiger partial charge in [-0.3, -0.25) is 9.88 Å². The number of hydrogen-bond donors (Lipinski definition) is 0. The molecule has 2 aromatic rings. The Bertz CT molecular complexity index is 870. The number of rotatable bonds is 3. The van der Waals surface area contributed by atoms with Gasteiger partial charge in [0, 0.05) is 50.0 Å². The summed E-state index contributed by atoms with van der Waals surface area (Å²) in [6.07, 6.45) is 2.56. The van der Waals surface area contributed by atoms with Gasteiger partial charge >= 0.3 is 0 Å². The molecule has 148 valence electrons. The van der Waals surface area contributed by atoms with Gasteiger partial charge in [0.15, 0.2) is 0 Å². The maximum atomic E-state index is 9.41. The minimum absolute atomic E-state index is 0.142. The van der Waals surface area contributed by atoms with Crippen LogP contribution in [0.25, 0.3) is 10.9 Å². The van der Waals surface area contributed by atoms with Crippen molar-refractivity contribution in [2.45, 2.75) is 45.2 Å². The summed E-state index contributed by atoms with van der Waals surface area (Å²) in [7, 11) is 0. The number of benzene rings is 1. The monoisotopic (exact) mass is 380 g/mol. The van der Waals surface area contributed by atoms with E-state index in [2.05, 4.69) is 53.8 Å². The lowest BCUT2D eigenvalue weighted by atomic mass is 10.1. The average molecular weight is 380 g/mol. The molecule has 6 nitrogen and oxygen atoms in total. The Morgan fingerprint density at radius 3 is 2.54 bits per heavy atom. The Morgan fingerprint density at radius 2 is 1.79 bits per heavy atom. The van der Waals surface area contributed by atoms with Gasteiger partial charge in [0.05, 0.1) is 35.5 Å². The molecule has 0 unspecified atom stereocenters. The molecule has 2 saturated heterocycles. The van der Waals surface area contributed by atoms with Gasteiger partial charge in [0.1, 0.15) is 6.07 Å². The van der Waals surface area contributed by atoms with Gasteiger partial charge in [-0.1, -0.05) is 0 Å². The second-order valence-electron chi connectivity index (χ2n) is 8.09. The van der Waals surface area contributed by atoms with Crippen molar-refractivity contribution in [1.82, 2.24) is 9.88 Å². The molecule has 0 saturated carbocycles. The van der Waals surface area contributed by atoms with Gasteiger partial charge in [-0.25, -0.2) is 0 Å². The van der Waals surface area contributed by atoms with Crippen molar-refractivity contribution in [1.29, 1.82) is 5.26 Å². The smallest absolute Gasteiger partial charge is 0.101 e. The van der Waals surface area contributed by atoms with Crippen LogP contribution in [-0.2, 0) is 9.47 Å². The maximum absolute atomic E-state index is 9.41. The molecule has 2 aliphatic rings. The SMILES string of the molecule is C[C@@H]1CN(c2ccc(C#N)c3ncccc23)C[C@@H](CN2C[C@@H](C)O[C@@H](C)C2)O1. The number of anilines is 1. The van der Waals surface area contributed by atoms with Gasteiger partial charge in [0.2, 0.25) is 0 Å². The maximum Gasteiger partial charge on any atom is 0.101 e. The first-order chi connectivity index (χ1) is 13.5. The lowest BCUT2D eigenvalue weighted by Crippen LogP contribution is -2.54. The van der Waals surface area contributed by atoms with Gasteiger partial charge in [0.25, 0.3) is 0 Å². The lowest BCUT2D eigenvalue weighted by Gasteiger charge is -2.42. The topological polar surface area (TPSA) is 61.6 Å². The van der Waals surface area contributed by atoms with Crippen LogP contribution >= 0.6 is 0 Å². The number of ether oxygens (including phenoxy) is 2. The summed E-state index contributed by atoms with van der Waals surface area (Å²) in [5, 5.41) is 10.4. The Hall–Kier alpha value is -2.20. The lowest BCUT2D eigenvalue weighted by molar-refractivity contribution is -0.0919. The number of morpholine rings is 2. The molecule has 1 aromatic heterocycles. The third-order valence-electron chi connectivity index (χ3n) is 5.49. The normalized spacial score (nSPS) is 29.0. The Morgan fingerprint density at radius 1 is 1.04 bits per heavy atom. The Kier molecular flexibility index (Phi) is 5.49. The van der Waals surface area contributed by atoms with E-state index in [1.54, 1.807) is 6.20 Å². The first-order valence-corrected chi connectivity index (χ1v) is 10.1. The molecule has 2 fully saturated rings. The molecule has 0 N–H and O–H groups in total. The quantitative estimate of drug-likeness (QED) is 0.816. The van der Waals surface area contributed by atoms with E-state index < -0.39 is 0 Å². The average Bonchev–Trinajstić information content (AvgIpc) is 2.65. The second kappa shape index (κ2) is 8.04. The molecule has 0 amide bonds. The fraction of sp³-hybridized carbons (Fsp3) is 0.545. The highest BCUT2D eigenvalue weighted by Gasteiger charge is 2.30. The molecule has 4 rings (SSSR count). The zero-order chi connectivity index (χ0) is 19.7. The van der Waals surface area contributed by atoms with Crippen molar-refractivity contribution in [3.8, 4) is 6.07 Å². The molecule has 0 aliphatic carbocycles. The van der Waals surface area contributed by atoms with Gasteiger partial charge < -0.3 is 14.4 Å². The van der Waals surface area contributed by atoms with Crippen molar-refractivity contribution >= 4 is 16.6 Å². The minimum Gasteiger partial charge on any atom is -0.373 e. The highest BCUT2D eigenvalue weighted by atomic mass is 16.5. The molecule has 28 heavy (non-hydrogen) atoms. The summed E-state index contributed by atoms with van der Waals surface area (Å²) in [4.78, 5) is 9.30. The fourth-order valence-corrected chi connectivity index (χ4v) is 4.59. The van der Waals surface area contributed by atoms with E-state index in [4.69, 9.17) is 9.47 Å². The van der Waals surface area contributed by atoms with Crippen molar-refractivity contribution < 1.29 is 9.47 Å². The third-order valence-corrected chi connectivity index (χ3v) is 5.49. The molecular weight excluding hydrogens is 352 g/mol. The van der Waals surface area contributed by atoms with Crippen LogP contribution in [0.2, 0.25) is 0 Å². The molecule has 3 heterocycles. The van der Waals surface area contributed by atoms with Crippen molar-refractivity contribution in [2.24, 2.45) is 0 Å². The van der Waals surface area contributed by atoms with Crippen LogP contribution in [0.15, 0.2) is 30.5 Å². The summed E-state index contributed by atoms with van der Waals surface area (Å²) >= 11 is 0. The summed E-state index contributed by atoms with van der Waals surface area (Å²) in [5.41, 5.74) is 2.52. The molecule has 0 radical (unpaired) electrons. The van der Waals surface area contributed by atoms with E-state index in [0.717, 1.165) is 49.3 Å². The summed E-state index contributed by atoms with van der Waals surface area (Å²) in [6.45, 7) is 10.9. The summed E-state index contributed by atoms with van der Waals surface area (Å²) in [5.74, 6) is 0. The van der Waals surface area contributed by atoms with Crippen LogP contribution in [-0.4, -0.2) is 67.0 Å². The minimum atomic E-state index is 0.142. The van der Waals surface area contributed by atoms with E-state index in [1.165, 1.54) is 0 Å². The first kappa shape index (κ1) is 19.1. The number of aromatic nitrogens is 1. The number of nitrogens with zero attached hydrogens (tertiary/aromatic N) is 4. The van der Waals surface area contributed by atoms with Crippen LogP contribution in [0.1, 0.15) is 26.3 Å². The highest BCUT2D eigenvalue weighted by Crippen LogP contribution is 2.30. The number of nitriles is 1. The Labute approximate surface area is 166 Å². The molecular formula is C22H28N4O2. The number of hydrogen-bond acceptors (Lipinski definition) is 6. The third kappa shape index (κ3) is 3.97. The van der Waals surface area contributed by atoms with E-state index in [1.807, 2.05) is 12.1 Å². The predicted molar refractivity (Wildman–Crippen MR) is 109 cm³/mol. The first-order valence-electron chi connectivity index (χ1n) is 10.1.